The average molecular weight is 352 g/mol. The van der Waals surface area contributed by atoms with Crippen LogP contribution in [0, 0.1) is 0 Å². The number of carbonyl (C=O) groups is 1. The van der Waals surface area contributed by atoms with Gasteiger partial charge in [0.25, 0.3) is 0 Å². The second-order valence-corrected chi connectivity index (χ2v) is 5.91. The fourth-order valence-corrected chi connectivity index (χ4v) is 2.57. The Bertz CT molecular complexity index is 970. The summed E-state index contributed by atoms with van der Waals surface area (Å²) in [5.74, 6) is 0.905. The maximum Gasteiger partial charge on any atom is 0.347 e. The van der Waals surface area contributed by atoms with Gasteiger partial charge >= 0.3 is 5.63 Å². The van der Waals surface area contributed by atoms with Gasteiger partial charge in [-0.1, -0.05) is 13.3 Å². The Labute approximate surface area is 151 Å². The molecule has 0 radical (unpaired) electrons. The number of hydrogen-bond acceptors (Lipinski definition) is 5. The van der Waals surface area contributed by atoms with Crippen LogP contribution in [-0.4, -0.2) is 19.5 Å². The van der Waals surface area contributed by atoms with Gasteiger partial charge in [0.1, 0.15) is 22.6 Å². The molecule has 5 nitrogen and oxygen atoms in total. The lowest BCUT2D eigenvalue weighted by Crippen LogP contribution is -2.14. The summed E-state index contributed by atoms with van der Waals surface area (Å²) in [6.07, 6.45) is 2.03. The van der Waals surface area contributed by atoms with Crippen LogP contribution in [0.25, 0.3) is 11.0 Å². The van der Waals surface area contributed by atoms with Gasteiger partial charge in [-0.25, -0.2) is 4.79 Å². The molecule has 0 aliphatic carbocycles. The molecule has 0 spiro atoms. The van der Waals surface area contributed by atoms with Crippen molar-refractivity contribution in [1.29, 1.82) is 0 Å². The predicted molar refractivity (Wildman–Crippen MR) is 99.3 cm³/mol. The van der Waals surface area contributed by atoms with Gasteiger partial charge in [-0.05, 0) is 48.9 Å². The van der Waals surface area contributed by atoms with E-state index in [2.05, 4.69) is 6.92 Å². The zero-order chi connectivity index (χ0) is 18.5. The number of methoxy groups -OCH3 is 1. The van der Waals surface area contributed by atoms with Crippen molar-refractivity contribution in [3.63, 3.8) is 0 Å². The molecule has 0 amide bonds. The molecule has 26 heavy (non-hydrogen) atoms. The van der Waals surface area contributed by atoms with E-state index in [0.717, 1.165) is 12.8 Å². The molecule has 3 rings (SSSR count). The largest absolute Gasteiger partial charge is 0.497 e. The quantitative estimate of drug-likeness (QED) is 0.362. The maximum absolute atomic E-state index is 12.7. The lowest BCUT2D eigenvalue weighted by Gasteiger charge is -2.07. The molecule has 0 bridgehead atoms. The molecule has 1 heterocycles. The topological polar surface area (TPSA) is 65.7 Å². The van der Waals surface area contributed by atoms with Gasteiger partial charge in [-0.15, -0.1) is 0 Å². The smallest absolute Gasteiger partial charge is 0.347 e. The molecule has 0 atom stereocenters. The Morgan fingerprint density at radius 1 is 1.04 bits per heavy atom. The number of hydrogen-bond donors (Lipinski definition) is 0. The molecule has 0 saturated heterocycles. The van der Waals surface area contributed by atoms with Gasteiger partial charge in [-0.2, -0.15) is 0 Å². The van der Waals surface area contributed by atoms with E-state index >= 15 is 0 Å². The predicted octanol–water partition coefficient (Wildman–Crippen LogP) is 4.21. The first-order valence-corrected chi connectivity index (χ1v) is 8.52. The van der Waals surface area contributed by atoms with Crippen LogP contribution in [0.5, 0.6) is 11.5 Å². The van der Waals surface area contributed by atoms with Crippen molar-refractivity contribution in [3.05, 3.63) is 70.1 Å². The van der Waals surface area contributed by atoms with Crippen molar-refractivity contribution in [2.75, 3.05) is 13.7 Å². The molecule has 134 valence electrons. The summed E-state index contributed by atoms with van der Waals surface area (Å²) < 4.78 is 16.0. The zero-order valence-electron chi connectivity index (χ0n) is 14.8. The number of unbranched alkanes of at least 4 members (excludes halogenated alkanes) is 1. The number of fused-ring (bicyclic) bond motifs is 1. The van der Waals surface area contributed by atoms with Gasteiger partial charge in [0.15, 0.2) is 5.78 Å². The number of ether oxygens (including phenoxy) is 2. The molecule has 0 unspecified atom stereocenters. The van der Waals surface area contributed by atoms with Gasteiger partial charge in [0.05, 0.1) is 13.7 Å². The summed E-state index contributed by atoms with van der Waals surface area (Å²) in [5.41, 5.74) is 0.125. The first kappa shape index (κ1) is 17.7. The average Bonchev–Trinajstić information content (AvgIpc) is 2.67. The molecule has 1 aromatic heterocycles. The van der Waals surface area contributed by atoms with E-state index < -0.39 is 5.63 Å². The van der Waals surface area contributed by atoms with Gasteiger partial charge < -0.3 is 13.9 Å². The summed E-state index contributed by atoms with van der Waals surface area (Å²) in [5, 5.41) is 0.660. The van der Waals surface area contributed by atoms with E-state index in [0.29, 0.717) is 34.6 Å². The molecule has 0 aliphatic rings. The Hall–Kier alpha value is -3.08. The molecular formula is C21H20O5. The van der Waals surface area contributed by atoms with Crippen molar-refractivity contribution in [2.45, 2.75) is 19.8 Å². The Balaban J connectivity index is 1.87. The number of rotatable bonds is 7. The highest BCUT2D eigenvalue weighted by atomic mass is 16.5. The second-order valence-electron chi connectivity index (χ2n) is 5.91. The van der Waals surface area contributed by atoms with Crippen LogP contribution >= 0.6 is 0 Å². The molecule has 5 heteroatoms. The van der Waals surface area contributed by atoms with Crippen molar-refractivity contribution in [2.24, 2.45) is 0 Å². The minimum Gasteiger partial charge on any atom is -0.497 e. The second kappa shape index (κ2) is 7.87. The van der Waals surface area contributed by atoms with E-state index in [1.165, 1.54) is 7.11 Å². The summed E-state index contributed by atoms with van der Waals surface area (Å²) in [6.45, 7) is 2.73. The fraction of sp³-hybridized carbons (Fsp3) is 0.238. The Morgan fingerprint density at radius 3 is 2.46 bits per heavy atom. The van der Waals surface area contributed by atoms with Gasteiger partial charge in [-0.3, -0.25) is 4.79 Å². The highest BCUT2D eigenvalue weighted by molar-refractivity contribution is 6.09. The SMILES string of the molecule is CCCCOc1ccc(C(=O)c2cc3ccc(OC)cc3oc2=O)cc1. The van der Waals surface area contributed by atoms with Crippen LogP contribution < -0.4 is 15.1 Å². The highest BCUT2D eigenvalue weighted by Crippen LogP contribution is 2.21. The van der Waals surface area contributed by atoms with Gasteiger partial charge in [0.2, 0.25) is 0 Å². The van der Waals surface area contributed by atoms with Crippen LogP contribution in [0.4, 0.5) is 0 Å². The first-order valence-electron chi connectivity index (χ1n) is 8.52. The molecule has 0 fully saturated rings. The van der Waals surface area contributed by atoms with E-state index in [-0.39, 0.29) is 11.3 Å². The molecule has 2 aromatic carbocycles. The van der Waals surface area contributed by atoms with Crippen LogP contribution in [0.1, 0.15) is 35.7 Å². The number of carbonyl (C=O) groups excluding carboxylic acids is 1. The fourth-order valence-electron chi connectivity index (χ4n) is 2.57. The Kier molecular flexibility index (Phi) is 5.37. The summed E-state index contributed by atoms with van der Waals surface area (Å²) in [6, 6.07) is 13.4. The normalized spacial score (nSPS) is 10.7. The minimum absolute atomic E-state index is 0.00215. The third-order valence-electron chi connectivity index (χ3n) is 4.07. The number of ketones is 1. The van der Waals surface area contributed by atoms with Crippen LogP contribution in [0.3, 0.4) is 0 Å². The van der Waals surface area contributed by atoms with E-state index in [9.17, 15) is 9.59 Å². The van der Waals surface area contributed by atoms with Crippen molar-refractivity contribution in [3.8, 4) is 11.5 Å². The van der Waals surface area contributed by atoms with Gasteiger partial charge in [0, 0.05) is 17.0 Å². The highest BCUT2D eigenvalue weighted by Gasteiger charge is 2.16. The molecule has 0 aliphatic heterocycles. The third-order valence-corrected chi connectivity index (χ3v) is 4.07. The van der Waals surface area contributed by atoms with Crippen LogP contribution in [0.15, 0.2) is 57.7 Å². The summed E-state index contributed by atoms with van der Waals surface area (Å²) in [4.78, 5) is 24.9. The minimum atomic E-state index is -0.668. The summed E-state index contributed by atoms with van der Waals surface area (Å²) in [7, 11) is 1.53. The third kappa shape index (κ3) is 3.77. The standard InChI is InChI=1S/C21H20O5/c1-3-4-11-25-16-8-5-14(6-9-16)20(22)18-12-15-7-10-17(24-2)13-19(15)26-21(18)23/h5-10,12-13H,3-4,11H2,1-2H3. The van der Waals surface area contributed by atoms with Crippen molar-refractivity contribution >= 4 is 16.8 Å². The molecule has 3 aromatic rings. The lowest BCUT2D eigenvalue weighted by molar-refractivity contribution is 0.103. The first-order chi connectivity index (χ1) is 12.6. The van der Waals surface area contributed by atoms with Crippen molar-refractivity contribution in [1.82, 2.24) is 0 Å². The Morgan fingerprint density at radius 2 is 1.77 bits per heavy atom. The molecule has 0 saturated carbocycles. The van der Waals surface area contributed by atoms with E-state index in [4.69, 9.17) is 13.9 Å². The van der Waals surface area contributed by atoms with Crippen LogP contribution in [0.2, 0.25) is 0 Å². The van der Waals surface area contributed by atoms with E-state index in [1.54, 1.807) is 48.5 Å². The monoisotopic (exact) mass is 352 g/mol. The lowest BCUT2D eigenvalue weighted by atomic mass is 10.0. The maximum atomic E-state index is 12.7. The van der Waals surface area contributed by atoms with Crippen LogP contribution in [-0.2, 0) is 0 Å². The number of benzene rings is 2. The van der Waals surface area contributed by atoms with Crippen molar-refractivity contribution < 1.29 is 18.7 Å². The van der Waals surface area contributed by atoms with E-state index in [1.807, 2.05) is 0 Å². The zero-order valence-corrected chi connectivity index (χ0v) is 14.8. The summed E-state index contributed by atoms with van der Waals surface area (Å²) >= 11 is 0. The molecular weight excluding hydrogens is 332 g/mol. The molecule has 0 N–H and O–H groups in total.